The second-order valence-corrected chi connectivity index (χ2v) is 8.01. The fraction of sp³-hybridized carbons (Fsp3) is 0.562. The molecule has 24 heavy (non-hydrogen) atoms. The van der Waals surface area contributed by atoms with Gasteiger partial charge in [-0.2, -0.15) is 0 Å². The van der Waals surface area contributed by atoms with Crippen LogP contribution >= 0.6 is 15.9 Å². The molecular weight excluding hydrogens is 380 g/mol. The number of hydrogen-bond donors (Lipinski definition) is 0. The molecule has 0 aliphatic carbocycles. The van der Waals surface area contributed by atoms with Crippen LogP contribution < -0.4 is 4.74 Å². The Kier molecular flexibility index (Phi) is 4.81. The number of ether oxygens (including phenoxy) is 2. The molecule has 0 N–H and O–H groups in total. The molecule has 1 aliphatic rings. The van der Waals surface area contributed by atoms with E-state index in [0.29, 0.717) is 23.3 Å². The van der Waals surface area contributed by atoms with Gasteiger partial charge in [0.15, 0.2) is 0 Å². The van der Waals surface area contributed by atoms with Gasteiger partial charge >= 0.3 is 6.09 Å². The molecule has 0 aromatic heterocycles. The summed E-state index contributed by atoms with van der Waals surface area (Å²) < 4.78 is 11.1. The van der Waals surface area contributed by atoms with Crippen LogP contribution in [0.25, 0.3) is 0 Å². The first kappa shape index (κ1) is 18.5. The molecule has 7 nitrogen and oxygen atoms in total. The molecule has 1 amide bonds. The molecule has 0 saturated carbocycles. The van der Waals surface area contributed by atoms with E-state index in [1.54, 1.807) is 11.0 Å². The Bertz CT molecular complexity index is 678. The highest BCUT2D eigenvalue weighted by Crippen LogP contribution is 2.43. The fourth-order valence-corrected chi connectivity index (χ4v) is 3.23. The highest BCUT2D eigenvalue weighted by atomic mass is 79.9. The first-order valence-corrected chi connectivity index (χ1v) is 8.26. The molecule has 1 fully saturated rings. The molecule has 1 heterocycles. The number of methoxy groups -OCH3 is 1. The number of nitro groups is 1. The third kappa shape index (κ3) is 3.63. The lowest BCUT2D eigenvalue weighted by Crippen LogP contribution is -2.60. The fourth-order valence-electron chi connectivity index (χ4n) is 2.75. The Morgan fingerprint density at radius 2 is 1.96 bits per heavy atom. The third-order valence-electron chi connectivity index (χ3n) is 3.85. The lowest BCUT2D eigenvalue weighted by Gasteiger charge is -2.48. The standard InChI is InChI=1S/C16H21BrN2O5/c1-15(2,3)24-14(20)18-8-16(4,9-18)10-6-11(17)12(19(21)22)7-13(10)23-5/h6-7H,8-9H2,1-5H3. The minimum Gasteiger partial charge on any atom is -0.496 e. The minimum absolute atomic E-state index is 0.0532. The predicted octanol–water partition coefficient (Wildman–Crippen LogP) is 3.87. The molecule has 1 aromatic rings. The summed E-state index contributed by atoms with van der Waals surface area (Å²) in [6.07, 6.45) is -0.361. The number of nitro benzene ring substituents is 1. The van der Waals surface area contributed by atoms with Crippen molar-refractivity contribution < 1.29 is 19.2 Å². The molecule has 0 radical (unpaired) electrons. The Balaban J connectivity index is 2.23. The maximum Gasteiger partial charge on any atom is 0.410 e. The number of benzene rings is 1. The number of carbonyl (C=O) groups is 1. The van der Waals surface area contributed by atoms with Crippen molar-refractivity contribution >= 4 is 27.7 Å². The van der Waals surface area contributed by atoms with Crippen molar-refractivity contribution in [2.45, 2.75) is 38.7 Å². The van der Waals surface area contributed by atoms with Crippen molar-refractivity contribution in [3.63, 3.8) is 0 Å². The number of likely N-dealkylation sites (tertiary alicyclic amines) is 1. The molecule has 8 heteroatoms. The zero-order valence-corrected chi connectivity index (χ0v) is 16.0. The lowest BCUT2D eigenvalue weighted by molar-refractivity contribution is -0.385. The Morgan fingerprint density at radius 3 is 2.42 bits per heavy atom. The average molecular weight is 401 g/mol. The van der Waals surface area contributed by atoms with Gasteiger partial charge in [-0.3, -0.25) is 10.1 Å². The van der Waals surface area contributed by atoms with Crippen LogP contribution in [0.4, 0.5) is 10.5 Å². The molecule has 0 bridgehead atoms. The smallest absolute Gasteiger partial charge is 0.410 e. The lowest BCUT2D eigenvalue weighted by atomic mass is 9.75. The number of hydrogen-bond acceptors (Lipinski definition) is 5. The zero-order chi connectivity index (χ0) is 18.3. The van der Waals surface area contributed by atoms with E-state index in [1.807, 2.05) is 27.7 Å². The van der Waals surface area contributed by atoms with E-state index in [2.05, 4.69) is 15.9 Å². The van der Waals surface area contributed by atoms with Gasteiger partial charge in [0.1, 0.15) is 11.4 Å². The summed E-state index contributed by atoms with van der Waals surface area (Å²) in [5.74, 6) is 0.441. The van der Waals surface area contributed by atoms with Crippen LogP contribution in [0.3, 0.4) is 0 Å². The van der Waals surface area contributed by atoms with Gasteiger partial charge in [-0.25, -0.2) is 4.79 Å². The first-order valence-electron chi connectivity index (χ1n) is 7.47. The molecule has 2 rings (SSSR count). The highest BCUT2D eigenvalue weighted by molar-refractivity contribution is 9.10. The summed E-state index contributed by atoms with van der Waals surface area (Å²) in [6.45, 7) is 8.37. The molecule has 1 saturated heterocycles. The normalized spacial score (nSPS) is 16.3. The van der Waals surface area contributed by atoms with E-state index in [9.17, 15) is 14.9 Å². The maximum absolute atomic E-state index is 12.1. The Labute approximate surface area is 149 Å². The number of rotatable bonds is 3. The maximum atomic E-state index is 12.1. The summed E-state index contributed by atoms with van der Waals surface area (Å²) in [5.41, 5.74) is -0.123. The predicted molar refractivity (Wildman–Crippen MR) is 92.5 cm³/mol. The Hall–Kier alpha value is -1.83. The average Bonchev–Trinajstić information content (AvgIpc) is 2.41. The highest BCUT2D eigenvalue weighted by Gasteiger charge is 2.46. The van der Waals surface area contributed by atoms with Crippen LogP contribution in [0.5, 0.6) is 5.75 Å². The molecule has 0 atom stereocenters. The van der Waals surface area contributed by atoms with Crippen LogP contribution in [0.2, 0.25) is 0 Å². The summed E-state index contributed by atoms with van der Waals surface area (Å²) in [5, 5.41) is 11.1. The largest absolute Gasteiger partial charge is 0.496 e. The van der Waals surface area contributed by atoms with Crippen LogP contribution in [-0.2, 0) is 10.2 Å². The number of nitrogens with zero attached hydrogens (tertiary/aromatic N) is 2. The molecule has 0 spiro atoms. The van der Waals surface area contributed by atoms with Crippen molar-refractivity contribution in [2.24, 2.45) is 0 Å². The van der Waals surface area contributed by atoms with Crippen LogP contribution in [0.15, 0.2) is 16.6 Å². The van der Waals surface area contributed by atoms with Gasteiger partial charge in [-0.05, 0) is 42.8 Å². The molecule has 132 valence electrons. The van der Waals surface area contributed by atoms with Crippen molar-refractivity contribution in [1.29, 1.82) is 0 Å². The zero-order valence-electron chi connectivity index (χ0n) is 14.4. The third-order valence-corrected chi connectivity index (χ3v) is 4.48. The van der Waals surface area contributed by atoms with E-state index >= 15 is 0 Å². The van der Waals surface area contributed by atoms with Gasteiger partial charge in [0.25, 0.3) is 5.69 Å². The Morgan fingerprint density at radius 1 is 1.38 bits per heavy atom. The van der Waals surface area contributed by atoms with Gasteiger partial charge in [0.05, 0.1) is 22.6 Å². The number of amides is 1. The van der Waals surface area contributed by atoms with E-state index in [-0.39, 0.29) is 17.2 Å². The van der Waals surface area contributed by atoms with Gasteiger partial charge < -0.3 is 14.4 Å². The van der Waals surface area contributed by atoms with Gasteiger partial charge in [-0.15, -0.1) is 0 Å². The second kappa shape index (κ2) is 6.23. The number of halogens is 1. The van der Waals surface area contributed by atoms with Crippen molar-refractivity contribution in [3.05, 3.63) is 32.3 Å². The van der Waals surface area contributed by atoms with Crippen LogP contribution in [0.1, 0.15) is 33.3 Å². The molecule has 1 aliphatic heterocycles. The first-order chi connectivity index (χ1) is 11.0. The summed E-state index contributed by atoms with van der Waals surface area (Å²) in [7, 11) is 1.48. The second-order valence-electron chi connectivity index (χ2n) is 7.16. The molecular formula is C16H21BrN2O5. The van der Waals surface area contributed by atoms with Gasteiger partial charge in [0.2, 0.25) is 0 Å². The SMILES string of the molecule is COc1cc([N+](=O)[O-])c(Br)cc1C1(C)CN(C(=O)OC(C)(C)C)C1. The quantitative estimate of drug-likeness (QED) is 0.567. The van der Waals surface area contributed by atoms with Crippen molar-refractivity contribution in [3.8, 4) is 5.75 Å². The number of carbonyl (C=O) groups excluding carboxylic acids is 1. The minimum atomic E-state index is -0.544. The summed E-state index contributed by atoms with van der Waals surface area (Å²) >= 11 is 3.24. The molecule has 0 unspecified atom stereocenters. The molecule has 1 aromatic carbocycles. The van der Waals surface area contributed by atoms with E-state index in [4.69, 9.17) is 9.47 Å². The van der Waals surface area contributed by atoms with E-state index < -0.39 is 10.5 Å². The van der Waals surface area contributed by atoms with Crippen molar-refractivity contribution in [2.75, 3.05) is 20.2 Å². The topological polar surface area (TPSA) is 81.9 Å². The van der Waals surface area contributed by atoms with Crippen LogP contribution in [-0.4, -0.2) is 41.7 Å². The van der Waals surface area contributed by atoms with E-state index in [0.717, 1.165) is 5.56 Å². The van der Waals surface area contributed by atoms with Gasteiger partial charge in [-0.1, -0.05) is 6.92 Å². The van der Waals surface area contributed by atoms with Crippen LogP contribution in [0, 0.1) is 10.1 Å². The summed E-state index contributed by atoms with van der Waals surface area (Å²) in [6, 6.07) is 3.10. The van der Waals surface area contributed by atoms with Crippen molar-refractivity contribution in [1.82, 2.24) is 4.90 Å². The monoisotopic (exact) mass is 400 g/mol. The summed E-state index contributed by atoms with van der Waals surface area (Å²) in [4.78, 5) is 24.3. The van der Waals surface area contributed by atoms with E-state index in [1.165, 1.54) is 13.2 Å². The van der Waals surface area contributed by atoms with Gasteiger partial charge in [0, 0.05) is 24.1 Å².